The predicted molar refractivity (Wildman–Crippen MR) is 122 cm³/mol. The first-order valence-corrected chi connectivity index (χ1v) is 11.3. The van der Waals surface area contributed by atoms with Crippen LogP contribution in [0.15, 0.2) is 65.6 Å². The van der Waals surface area contributed by atoms with Gasteiger partial charge in [-0.1, -0.05) is 18.2 Å². The molecule has 0 atom stereocenters. The van der Waals surface area contributed by atoms with E-state index in [-0.39, 0.29) is 35.5 Å². The maximum Gasteiger partial charge on any atom is 0.264 e. The van der Waals surface area contributed by atoms with Crippen LogP contribution in [-0.4, -0.2) is 30.2 Å². The minimum Gasteiger partial charge on any atom is -0.326 e. The molecule has 0 aliphatic heterocycles. The van der Waals surface area contributed by atoms with Crippen molar-refractivity contribution >= 4 is 39.2 Å². The second kappa shape index (κ2) is 10.0. The van der Waals surface area contributed by atoms with Crippen LogP contribution in [0.2, 0.25) is 0 Å². The second-order valence-electron chi connectivity index (χ2n) is 7.07. The third-order valence-corrected chi connectivity index (χ3v) is 5.64. The summed E-state index contributed by atoms with van der Waals surface area (Å²) in [5.74, 6) is -0.633. The molecule has 0 unspecified atom stereocenters. The zero-order valence-corrected chi connectivity index (χ0v) is 18.4. The quantitative estimate of drug-likeness (QED) is 0.480. The van der Waals surface area contributed by atoms with Gasteiger partial charge >= 0.3 is 0 Å². The molecule has 0 fully saturated rings. The predicted octanol–water partition coefficient (Wildman–Crippen LogP) is 3.25. The van der Waals surface area contributed by atoms with Crippen LogP contribution in [0.5, 0.6) is 0 Å². The monoisotopic (exact) mass is 453 g/mol. The highest BCUT2D eigenvalue weighted by Crippen LogP contribution is 2.17. The lowest BCUT2D eigenvalue weighted by atomic mass is 10.2. The molecule has 0 bridgehead atoms. The number of amides is 2. The molecule has 0 aliphatic carbocycles. The summed E-state index contributed by atoms with van der Waals surface area (Å²) in [6, 6.07) is 16.4. The molecule has 32 heavy (non-hydrogen) atoms. The van der Waals surface area contributed by atoms with E-state index in [0.29, 0.717) is 22.8 Å². The Labute approximate surface area is 186 Å². The van der Waals surface area contributed by atoms with Gasteiger partial charge in [-0.2, -0.15) is 0 Å². The third kappa shape index (κ3) is 6.61. The summed E-state index contributed by atoms with van der Waals surface area (Å²) in [7, 11) is -3.88. The molecular weight excluding hydrogens is 430 g/mol. The number of sulfonamides is 1. The lowest BCUT2D eigenvalue weighted by Gasteiger charge is -2.09. The summed E-state index contributed by atoms with van der Waals surface area (Å²) in [5, 5.41) is 5.35. The first-order chi connectivity index (χ1) is 15.2. The van der Waals surface area contributed by atoms with Crippen molar-refractivity contribution in [3.63, 3.8) is 0 Å². The van der Waals surface area contributed by atoms with Crippen LogP contribution in [0, 0.1) is 13.8 Å². The Hall–Kier alpha value is -3.79. The van der Waals surface area contributed by atoms with E-state index < -0.39 is 10.0 Å². The number of hydrogen-bond acceptors (Lipinski definition) is 6. The minimum absolute atomic E-state index is 0.000460. The molecule has 1 aromatic heterocycles. The molecule has 10 heteroatoms. The molecule has 3 rings (SSSR count). The fourth-order valence-corrected chi connectivity index (χ4v) is 3.81. The van der Waals surface area contributed by atoms with Crippen LogP contribution in [0.1, 0.15) is 24.2 Å². The van der Waals surface area contributed by atoms with Crippen molar-refractivity contribution in [2.75, 3.05) is 15.4 Å². The first kappa shape index (κ1) is 22.9. The SMILES string of the molecule is Cc1cc(C)nc(NS(=O)(=O)c2ccc(NC(=O)CCC(=O)Nc3ccccc3)cc2)n1. The molecule has 2 amide bonds. The Morgan fingerprint density at radius 1 is 0.781 bits per heavy atom. The van der Waals surface area contributed by atoms with Crippen molar-refractivity contribution < 1.29 is 18.0 Å². The number of benzene rings is 2. The average molecular weight is 454 g/mol. The molecule has 0 saturated heterocycles. The van der Waals surface area contributed by atoms with Gasteiger partial charge in [-0.25, -0.2) is 23.1 Å². The molecular formula is C22H23N5O4S. The van der Waals surface area contributed by atoms with Gasteiger partial charge in [-0.3, -0.25) is 9.59 Å². The van der Waals surface area contributed by atoms with Gasteiger partial charge in [0, 0.05) is 35.6 Å². The Morgan fingerprint density at radius 2 is 1.28 bits per heavy atom. The fraction of sp³-hybridized carbons (Fsp3) is 0.182. The number of anilines is 3. The van der Waals surface area contributed by atoms with Crippen molar-refractivity contribution in [3.8, 4) is 0 Å². The van der Waals surface area contributed by atoms with Gasteiger partial charge < -0.3 is 10.6 Å². The molecule has 0 saturated carbocycles. The highest BCUT2D eigenvalue weighted by Gasteiger charge is 2.16. The van der Waals surface area contributed by atoms with Crippen molar-refractivity contribution in [1.29, 1.82) is 0 Å². The molecule has 3 aromatic rings. The van der Waals surface area contributed by atoms with E-state index in [2.05, 4.69) is 25.3 Å². The first-order valence-electron chi connectivity index (χ1n) is 9.81. The number of carbonyl (C=O) groups excluding carboxylic acids is 2. The van der Waals surface area contributed by atoms with Gasteiger partial charge in [0.25, 0.3) is 10.0 Å². The van der Waals surface area contributed by atoms with E-state index in [1.54, 1.807) is 44.2 Å². The van der Waals surface area contributed by atoms with Crippen LogP contribution in [0.3, 0.4) is 0 Å². The number of nitrogens with one attached hydrogen (secondary N) is 3. The maximum atomic E-state index is 12.6. The van der Waals surface area contributed by atoms with Gasteiger partial charge in [0.15, 0.2) is 0 Å². The minimum atomic E-state index is -3.88. The number of carbonyl (C=O) groups is 2. The molecule has 166 valence electrons. The standard InChI is InChI=1S/C22H23N5O4S/c1-15-14-16(2)24-22(23-15)27-32(30,31)19-10-8-18(9-11-19)26-21(29)13-12-20(28)25-17-6-4-3-5-7-17/h3-11,14H,12-13H2,1-2H3,(H,25,28)(H,26,29)(H,23,24,27). The van der Waals surface area contributed by atoms with Gasteiger partial charge in [-0.05, 0) is 56.3 Å². The summed E-state index contributed by atoms with van der Waals surface area (Å²) in [4.78, 5) is 32.2. The van der Waals surface area contributed by atoms with Crippen LogP contribution >= 0.6 is 0 Å². The van der Waals surface area contributed by atoms with Gasteiger partial charge in [0.1, 0.15) is 0 Å². The molecule has 0 aliphatic rings. The van der Waals surface area contributed by atoms with Crippen molar-refractivity contribution in [2.24, 2.45) is 0 Å². The number of para-hydroxylation sites is 1. The average Bonchev–Trinajstić information content (AvgIpc) is 2.72. The van der Waals surface area contributed by atoms with Gasteiger partial charge in [0.05, 0.1) is 4.90 Å². The van der Waals surface area contributed by atoms with E-state index >= 15 is 0 Å². The Morgan fingerprint density at radius 3 is 1.81 bits per heavy atom. The normalized spacial score (nSPS) is 10.9. The van der Waals surface area contributed by atoms with Crippen molar-refractivity contribution in [3.05, 3.63) is 72.1 Å². The third-order valence-electron chi connectivity index (χ3n) is 4.29. The van der Waals surface area contributed by atoms with Gasteiger partial charge in [0.2, 0.25) is 17.8 Å². The molecule has 3 N–H and O–H groups in total. The van der Waals surface area contributed by atoms with E-state index in [9.17, 15) is 18.0 Å². The molecule has 9 nitrogen and oxygen atoms in total. The summed E-state index contributed by atoms with van der Waals surface area (Å²) in [6.45, 7) is 3.49. The Balaban J connectivity index is 1.54. The van der Waals surface area contributed by atoms with E-state index in [1.165, 1.54) is 24.3 Å². The van der Waals surface area contributed by atoms with E-state index in [4.69, 9.17) is 0 Å². The molecule has 1 heterocycles. The fourth-order valence-electron chi connectivity index (χ4n) is 2.86. The Kier molecular flexibility index (Phi) is 7.16. The summed E-state index contributed by atoms with van der Waals surface area (Å²) < 4.78 is 27.5. The summed E-state index contributed by atoms with van der Waals surface area (Å²) >= 11 is 0. The molecule has 0 spiro atoms. The summed E-state index contributed by atoms with van der Waals surface area (Å²) in [5.41, 5.74) is 2.37. The highest BCUT2D eigenvalue weighted by atomic mass is 32.2. The van der Waals surface area contributed by atoms with Crippen LogP contribution in [-0.2, 0) is 19.6 Å². The lowest BCUT2D eigenvalue weighted by Crippen LogP contribution is -2.18. The van der Waals surface area contributed by atoms with Crippen LogP contribution in [0.4, 0.5) is 17.3 Å². The van der Waals surface area contributed by atoms with E-state index in [0.717, 1.165) is 0 Å². The Bertz CT molecular complexity index is 1190. The number of aromatic nitrogens is 2. The van der Waals surface area contributed by atoms with Gasteiger partial charge in [-0.15, -0.1) is 0 Å². The van der Waals surface area contributed by atoms with Crippen molar-refractivity contribution in [1.82, 2.24) is 9.97 Å². The van der Waals surface area contributed by atoms with Crippen LogP contribution < -0.4 is 15.4 Å². The lowest BCUT2D eigenvalue weighted by molar-refractivity contribution is -0.121. The summed E-state index contributed by atoms with van der Waals surface area (Å²) in [6.07, 6.45) is 0.0113. The molecule has 2 aromatic carbocycles. The number of aryl methyl sites for hydroxylation is 2. The zero-order chi connectivity index (χ0) is 23.1. The molecule has 0 radical (unpaired) electrons. The highest BCUT2D eigenvalue weighted by molar-refractivity contribution is 7.92. The smallest absolute Gasteiger partial charge is 0.264 e. The topological polar surface area (TPSA) is 130 Å². The number of nitrogens with zero attached hydrogens (tertiary/aromatic N) is 2. The maximum absolute atomic E-state index is 12.6. The van der Waals surface area contributed by atoms with Crippen LogP contribution in [0.25, 0.3) is 0 Å². The largest absolute Gasteiger partial charge is 0.326 e. The number of rotatable bonds is 8. The van der Waals surface area contributed by atoms with Crippen molar-refractivity contribution in [2.45, 2.75) is 31.6 Å². The second-order valence-corrected chi connectivity index (χ2v) is 8.75. The number of hydrogen-bond donors (Lipinski definition) is 3. The van der Waals surface area contributed by atoms with E-state index in [1.807, 2.05) is 6.07 Å². The zero-order valence-electron chi connectivity index (χ0n) is 17.6.